The van der Waals surface area contributed by atoms with Crippen molar-refractivity contribution in [3.63, 3.8) is 0 Å². The summed E-state index contributed by atoms with van der Waals surface area (Å²) in [6, 6.07) is -0.0378. The van der Waals surface area contributed by atoms with Crippen molar-refractivity contribution in [2.45, 2.75) is 45.6 Å². The first kappa shape index (κ1) is 17.1. The van der Waals surface area contributed by atoms with E-state index in [2.05, 4.69) is 12.2 Å². The molecule has 0 aromatic heterocycles. The van der Waals surface area contributed by atoms with E-state index in [1.807, 2.05) is 11.8 Å². The van der Waals surface area contributed by atoms with Crippen molar-refractivity contribution in [1.82, 2.24) is 15.1 Å². The highest BCUT2D eigenvalue weighted by atomic mass is 16.5. The van der Waals surface area contributed by atoms with Crippen LogP contribution >= 0.6 is 0 Å². The topological polar surface area (TPSA) is 61.9 Å². The molecule has 0 radical (unpaired) electrons. The Morgan fingerprint density at radius 1 is 1.23 bits per heavy atom. The van der Waals surface area contributed by atoms with Crippen LogP contribution in [0.1, 0.15) is 39.5 Å². The number of nitrogens with zero attached hydrogens (tertiary/aromatic N) is 2. The predicted molar refractivity (Wildman–Crippen MR) is 84.6 cm³/mol. The van der Waals surface area contributed by atoms with E-state index in [-0.39, 0.29) is 24.0 Å². The normalized spacial score (nSPS) is 23.5. The zero-order chi connectivity index (χ0) is 15.9. The van der Waals surface area contributed by atoms with Crippen molar-refractivity contribution in [1.29, 1.82) is 0 Å². The maximum Gasteiger partial charge on any atom is 0.317 e. The van der Waals surface area contributed by atoms with Crippen LogP contribution in [-0.4, -0.2) is 67.2 Å². The molecule has 3 amide bonds. The number of urea groups is 1. The van der Waals surface area contributed by atoms with E-state index in [9.17, 15) is 9.59 Å². The van der Waals surface area contributed by atoms with Gasteiger partial charge in [0.1, 0.15) is 0 Å². The molecule has 2 atom stereocenters. The molecule has 22 heavy (non-hydrogen) atoms. The van der Waals surface area contributed by atoms with Crippen LogP contribution in [0.5, 0.6) is 0 Å². The average Bonchev–Trinajstić information content (AvgIpc) is 3.05. The summed E-state index contributed by atoms with van der Waals surface area (Å²) in [6.45, 7) is 7.99. The van der Waals surface area contributed by atoms with Crippen molar-refractivity contribution in [3.8, 4) is 0 Å². The van der Waals surface area contributed by atoms with Gasteiger partial charge in [-0.3, -0.25) is 4.79 Å². The lowest BCUT2D eigenvalue weighted by atomic mass is 10.0. The van der Waals surface area contributed by atoms with E-state index in [4.69, 9.17) is 4.74 Å². The quantitative estimate of drug-likeness (QED) is 0.836. The summed E-state index contributed by atoms with van der Waals surface area (Å²) in [5.41, 5.74) is 0. The van der Waals surface area contributed by atoms with Gasteiger partial charge in [-0.25, -0.2) is 4.79 Å². The Bertz CT molecular complexity index is 375. The molecule has 126 valence electrons. The Labute approximate surface area is 133 Å². The number of rotatable bonds is 5. The van der Waals surface area contributed by atoms with Gasteiger partial charge in [0.05, 0.1) is 6.10 Å². The zero-order valence-corrected chi connectivity index (χ0v) is 13.8. The molecule has 0 aromatic carbocycles. The second kappa shape index (κ2) is 8.36. The number of ether oxygens (including phenoxy) is 1. The fraction of sp³-hybridized carbons (Fsp3) is 0.875. The molecule has 2 fully saturated rings. The number of nitrogens with one attached hydrogen (secondary N) is 1. The summed E-state index contributed by atoms with van der Waals surface area (Å²) in [5, 5.41) is 2.94. The fourth-order valence-electron chi connectivity index (χ4n) is 3.12. The van der Waals surface area contributed by atoms with E-state index in [1.54, 1.807) is 4.90 Å². The summed E-state index contributed by atoms with van der Waals surface area (Å²) in [5.74, 6) is 0.311. The van der Waals surface area contributed by atoms with Crippen molar-refractivity contribution < 1.29 is 14.3 Å². The third-order valence-corrected chi connectivity index (χ3v) is 4.53. The Kier molecular flexibility index (Phi) is 6.49. The molecule has 2 saturated heterocycles. The van der Waals surface area contributed by atoms with E-state index >= 15 is 0 Å². The van der Waals surface area contributed by atoms with E-state index in [0.29, 0.717) is 32.7 Å². The van der Waals surface area contributed by atoms with E-state index in [0.717, 1.165) is 32.3 Å². The van der Waals surface area contributed by atoms with Crippen molar-refractivity contribution in [3.05, 3.63) is 0 Å². The Morgan fingerprint density at radius 2 is 1.91 bits per heavy atom. The van der Waals surface area contributed by atoms with Gasteiger partial charge in [-0.15, -0.1) is 0 Å². The maximum absolute atomic E-state index is 12.3. The molecule has 2 heterocycles. The van der Waals surface area contributed by atoms with Crippen LogP contribution in [0.25, 0.3) is 0 Å². The summed E-state index contributed by atoms with van der Waals surface area (Å²) in [4.78, 5) is 28.1. The minimum atomic E-state index is -0.0378. The number of piperazine rings is 1. The first-order valence-electron chi connectivity index (χ1n) is 8.55. The molecular formula is C16H29N3O3. The number of carbonyl (C=O) groups is 2. The molecule has 0 aliphatic carbocycles. The fourth-order valence-corrected chi connectivity index (χ4v) is 3.12. The first-order valence-corrected chi connectivity index (χ1v) is 8.55. The van der Waals surface area contributed by atoms with Gasteiger partial charge in [0.2, 0.25) is 5.91 Å². The summed E-state index contributed by atoms with van der Waals surface area (Å²) in [6.07, 6.45) is 4.23. The zero-order valence-electron chi connectivity index (χ0n) is 13.8. The van der Waals surface area contributed by atoms with Gasteiger partial charge in [-0.2, -0.15) is 0 Å². The Morgan fingerprint density at radius 3 is 2.50 bits per heavy atom. The van der Waals surface area contributed by atoms with Crippen LogP contribution in [0.15, 0.2) is 0 Å². The third-order valence-electron chi connectivity index (χ3n) is 4.53. The van der Waals surface area contributed by atoms with E-state index < -0.39 is 0 Å². The van der Waals surface area contributed by atoms with Crippen LogP contribution in [0.3, 0.4) is 0 Å². The van der Waals surface area contributed by atoms with Gasteiger partial charge in [0, 0.05) is 45.2 Å². The van der Waals surface area contributed by atoms with Crippen LogP contribution < -0.4 is 5.32 Å². The smallest absolute Gasteiger partial charge is 0.317 e. The van der Waals surface area contributed by atoms with Gasteiger partial charge in [0.15, 0.2) is 0 Å². The summed E-state index contributed by atoms with van der Waals surface area (Å²) < 4.78 is 5.50. The minimum absolute atomic E-state index is 0.0378. The Balaban J connectivity index is 1.69. The van der Waals surface area contributed by atoms with Crippen LogP contribution in [0, 0.1) is 5.92 Å². The second-order valence-electron chi connectivity index (χ2n) is 6.32. The summed E-state index contributed by atoms with van der Waals surface area (Å²) in [7, 11) is 0. The molecule has 2 unspecified atom stereocenters. The van der Waals surface area contributed by atoms with Gasteiger partial charge in [-0.05, 0) is 19.3 Å². The lowest BCUT2D eigenvalue weighted by Crippen LogP contribution is -2.54. The molecule has 0 spiro atoms. The molecule has 2 aliphatic rings. The van der Waals surface area contributed by atoms with Gasteiger partial charge in [-0.1, -0.05) is 20.3 Å². The highest BCUT2D eigenvalue weighted by Crippen LogP contribution is 2.13. The molecular weight excluding hydrogens is 282 g/mol. The highest BCUT2D eigenvalue weighted by molar-refractivity contribution is 5.79. The number of amides is 3. The molecule has 0 bridgehead atoms. The molecule has 6 heteroatoms. The maximum atomic E-state index is 12.3. The van der Waals surface area contributed by atoms with E-state index in [1.165, 1.54) is 0 Å². The number of carbonyl (C=O) groups excluding carboxylic acids is 2. The molecule has 0 saturated carbocycles. The molecule has 6 nitrogen and oxygen atoms in total. The average molecular weight is 311 g/mol. The first-order chi connectivity index (χ1) is 10.6. The molecule has 2 aliphatic heterocycles. The number of hydrogen-bond acceptors (Lipinski definition) is 3. The monoisotopic (exact) mass is 311 g/mol. The third kappa shape index (κ3) is 4.60. The van der Waals surface area contributed by atoms with Gasteiger partial charge in [0.25, 0.3) is 0 Å². The van der Waals surface area contributed by atoms with Gasteiger partial charge >= 0.3 is 6.03 Å². The van der Waals surface area contributed by atoms with Gasteiger partial charge < -0.3 is 19.9 Å². The molecule has 0 aromatic rings. The summed E-state index contributed by atoms with van der Waals surface area (Å²) >= 11 is 0. The predicted octanol–water partition coefficient (Wildman–Crippen LogP) is 1.46. The molecule has 2 rings (SSSR count). The lowest BCUT2D eigenvalue weighted by Gasteiger charge is -2.36. The van der Waals surface area contributed by atoms with Crippen LogP contribution in [0.4, 0.5) is 4.79 Å². The Hall–Kier alpha value is -1.30. The second-order valence-corrected chi connectivity index (χ2v) is 6.32. The van der Waals surface area contributed by atoms with Crippen molar-refractivity contribution >= 4 is 11.9 Å². The highest BCUT2D eigenvalue weighted by Gasteiger charge is 2.27. The number of hydrogen-bond donors (Lipinski definition) is 1. The minimum Gasteiger partial charge on any atom is -0.376 e. The SMILES string of the molecule is CCCC(C)C(=O)N1CCN(C(=O)NCC2CCCO2)CC1. The van der Waals surface area contributed by atoms with Crippen LogP contribution in [0.2, 0.25) is 0 Å². The van der Waals surface area contributed by atoms with Crippen molar-refractivity contribution in [2.75, 3.05) is 39.3 Å². The largest absolute Gasteiger partial charge is 0.376 e. The lowest BCUT2D eigenvalue weighted by molar-refractivity contribution is -0.136. The van der Waals surface area contributed by atoms with Crippen LogP contribution in [-0.2, 0) is 9.53 Å². The standard InChI is InChI=1S/C16H29N3O3/c1-3-5-13(2)15(20)18-7-9-19(10-8-18)16(21)17-12-14-6-4-11-22-14/h13-14H,3-12H2,1-2H3,(H,17,21). The molecule has 1 N–H and O–H groups in total. The van der Waals surface area contributed by atoms with Crippen molar-refractivity contribution in [2.24, 2.45) is 5.92 Å².